The Bertz CT molecular complexity index is 614. The predicted octanol–water partition coefficient (Wildman–Crippen LogP) is 2.82. The first kappa shape index (κ1) is 13.3. The molecule has 0 spiro atoms. The SMILES string of the molecule is CC(=O)Nc1c(C)nn(Cc2cccc(C)c2)c1C. The Kier molecular flexibility index (Phi) is 3.69. The van der Waals surface area contributed by atoms with Gasteiger partial charge in [-0.2, -0.15) is 5.10 Å². The van der Waals surface area contributed by atoms with Crippen molar-refractivity contribution in [3.63, 3.8) is 0 Å². The van der Waals surface area contributed by atoms with Crippen LogP contribution in [0.4, 0.5) is 5.69 Å². The smallest absolute Gasteiger partial charge is 0.221 e. The molecule has 2 rings (SSSR count). The normalized spacial score (nSPS) is 10.5. The summed E-state index contributed by atoms with van der Waals surface area (Å²) in [7, 11) is 0. The van der Waals surface area contributed by atoms with Gasteiger partial charge in [-0.1, -0.05) is 29.8 Å². The number of nitrogens with zero attached hydrogens (tertiary/aromatic N) is 2. The summed E-state index contributed by atoms with van der Waals surface area (Å²) >= 11 is 0. The van der Waals surface area contributed by atoms with Gasteiger partial charge in [0.15, 0.2) is 0 Å². The van der Waals surface area contributed by atoms with Gasteiger partial charge in [-0.3, -0.25) is 9.48 Å². The zero-order valence-electron chi connectivity index (χ0n) is 11.8. The van der Waals surface area contributed by atoms with Crippen molar-refractivity contribution < 1.29 is 4.79 Å². The van der Waals surface area contributed by atoms with E-state index in [9.17, 15) is 4.79 Å². The number of hydrogen-bond donors (Lipinski definition) is 1. The summed E-state index contributed by atoms with van der Waals surface area (Å²) in [6.45, 7) is 8.18. The monoisotopic (exact) mass is 257 g/mol. The topological polar surface area (TPSA) is 46.9 Å². The molecule has 0 radical (unpaired) electrons. The van der Waals surface area contributed by atoms with Crippen molar-refractivity contribution in [1.82, 2.24) is 9.78 Å². The number of rotatable bonds is 3. The molecule has 0 aliphatic carbocycles. The molecule has 1 heterocycles. The maximum atomic E-state index is 11.2. The van der Waals surface area contributed by atoms with E-state index in [1.165, 1.54) is 18.1 Å². The summed E-state index contributed by atoms with van der Waals surface area (Å²) < 4.78 is 1.93. The Hall–Kier alpha value is -2.10. The van der Waals surface area contributed by atoms with E-state index in [1.54, 1.807) is 0 Å². The minimum Gasteiger partial charge on any atom is -0.323 e. The number of carbonyl (C=O) groups is 1. The molecule has 19 heavy (non-hydrogen) atoms. The second kappa shape index (κ2) is 5.26. The molecule has 0 bridgehead atoms. The lowest BCUT2D eigenvalue weighted by atomic mass is 10.1. The molecule has 100 valence electrons. The Morgan fingerprint density at radius 1 is 1.32 bits per heavy atom. The third-order valence-electron chi connectivity index (χ3n) is 3.10. The predicted molar refractivity (Wildman–Crippen MR) is 76.3 cm³/mol. The zero-order chi connectivity index (χ0) is 14.0. The van der Waals surface area contributed by atoms with Crippen LogP contribution in [0.5, 0.6) is 0 Å². The molecule has 4 heteroatoms. The molecular formula is C15H19N3O. The molecule has 0 aliphatic rings. The standard InChI is InChI=1S/C15H19N3O/c1-10-6-5-7-14(8-10)9-18-12(3)15(11(2)17-18)16-13(4)19/h5-8H,9H2,1-4H3,(H,16,19). The van der Waals surface area contributed by atoms with E-state index in [2.05, 4.69) is 35.5 Å². The fourth-order valence-electron chi connectivity index (χ4n) is 2.19. The summed E-state index contributed by atoms with van der Waals surface area (Å²) in [5.41, 5.74) is 5.09. The molecule has 0 aliphatic heterocycles. The van der Waals surface area contributed by atoms with E-state index in [0.29, 0.717) is 6.54 Å². The van der Waals surface area contributed by atoms with Crippen molar-refractivity contribution in [1.29, 1.82) is 0 Å². The second-order valence-corrected chi connectivity index (χ2v) is 4.87. The van der Waals surface area contributed by atoms with Crippen LogP contribution in [-0.2, 0) is 11.3 Å². The minimum atomic E-state index is -0.0682. The first-order valence-corrected chi connectivity index (χ1v) is 6.34. The molecular weight excluding hydrogens is 238 g/mol. The van der Waals surface area contributed by atoms with Crippen LogP contribution in [0.3, 0.4) is 0 Å². The van der Waals surface area contributed by atoms with Gasteiger partial charge >= 0.3 is 0 Å². The maximum Gasteiger partial charge on any atom is 0.221 e. The van der Waals surface area contributed by atoms with Crippen molar-refractivity contribution in [2.24, 2.45) is 0 Å². The number of anilines is 1. The Labute approximate surface area is 113 Å². The fourth-order valence-corrected chi connectivity index (χ4v) is 2.19. The highest BCUT2D eigenvalue weighted by atomic mass is 16.1. The van der Waals surface area contributed by atoms with E-state index in [1.807, 2.05) is 24.6 Å². The molecule has 1 aromatic carbocycles. The molecule has 0 saturated carbocycles. The summed E-state index contributed by atoms with van der Waals surface area (Å²) in [6.07, 6.45) is 0. The lowest BCUT2D eigenvalue weighted by molar-refractivity contribution is -0.114. The number of benzene rings is 1. The molecule has 1 N–H and O–H groups in total. The molecule has 2 aromatic rings. The molecule has 0 atom stereocenters. The van der Waals surface area contributed by atoms with Gasteiger partial charge in [0.2, 0.25) is 5.91 Å². The Morgan fingerprint density at radius 2 is 2.05 bits per heavy atom. The fraction of sp³-hybridized carbons (Fsp3) is 0.333. The van der Waals surface area contributed by atoms with Gasteiger partial charge < -0.3 is 5.32 Å². The van der Waals surface area contributed by atoms with Gasteiger partial charge in [-0.15, -0.1) is 0 Å². The van der Waals surface area contributed by atoms with Crippen LogP contribution in [0, 0.1) is 20.8 Å². The zero-order valence-corrected chi connectivity index (χ0v) is 11.8. The summed E-state index contributed by atoms with van der Waals surface area (Å²) in [6, 6.07) is 8.36. The van der Waals surface area contributed by atoms with Crippen LogP contribution in [0.25, 0.3) is 0 Å². The number of aryl methyl sites for hydroxylation is 2. The summed E-state index contributed by atoms with van der Waals surface area (Å²) in [4.78, 5) is 11.2. The van der Waals surface area contributed by atoms with Crippen LogP contribution >= 0.6 is 0 Å². The van der Waals surface area contributed by atoms with Crippen LogP contribution in [0.2, 0.25) is 0 Å². The van der Waals surface area contributed by atoms with Crippen LogP contribution < -0.4 is 5.32 Å². The Morgan fingerprint density at radius 3 is 2.68 bits per heavy atom. The number of aromatic nitrogens is 2. The quantitative estimate of drug-likeness (QED) is 0.919. The van der Waals surface area contributed by atoms with Gasteiger partial charge in [0, 0.05) is 6.92 Å². The van der Waals surface area contributed by atoms with E-state index >= 15 is 0 Å². The summed E-state index contributed by atoms with van der Waals surface area (Å²) in [5.74, 6) is -0.0682. The number of hydrogen-bond acceptors (Lipinski definition) is 2. The van der Waals surface area contributed by atoms with E-state index < -0.39 is 0 Å². The van der Waals surface area contributed by atoms with Crippen LogP contribution in [-0.4, -0.2) is 15.7 Å². The lowest BCUT2D eigenvalue weighted by Gasteiger charge is -2.06. The number of nitrogens with one attached hydrogen (secondary N) is 1. The lowest BCUT2D eigenvalue weighted by Crippen LogP contribution is -2.08. The van der Waals surface area contributed by atoms with E-state index in [0.717, 1.165) is 17.1 Å². The average molecular weight is 257 g/mol. The van der Waals surface area contributed by atoms with Crippen LogP contribution in [0.15, 0.2) is 24.3 Å². The first-order chi connectivity index (χ1) is 8.97. The Balaban J connectivity index is 2.29. The van der Waals surface area contributed by atoms with E-state index in [4.69, 9.17) is 0 Å². The van der Waals surface area contributed by atoms with Gasteiger partial charge in [0.05, 0.1) is 23.6 Å². The van der Waals surface area contributed by atoms with Gasteiger partial charge in [-0.05, 0) is 26.3 Å². The van der Waals surface area contributed by atoms with Crippen LogP contribution in [0.1, 0.15) is 29.4 Å². The second-order valence-electron chi connectivity index (χ2n) is 4.87. The number of amides is 1. The molecule has 0 unspecified atom stereocenters. The van der Waals surface area contributed by atoms with Gasteiger partial charge in [0.1, 0.15) is 0 Å². The van der Waals surface area contributed by atoms with Crippen molar-refractivity contribution in [3.05, 3.63) is 46.8 Å². The van der Waals surface area contributed by atoms with Crippen molar-refractivity contribution >= 4 is 11.6 Å². The van der Waals surface area contributed by atoms with Crippen molar-refractivity contribution in [2.45, 2.75) is 34.2 Å². The largest absolute Gasteiger partial charge is 0.323 e. The third kappa shape index (κ3) is 3.02. The highest BCUT2D eigenvalue weighted by Crippen LogP contribution is 2.20. The molecule has 0 fully saturated rings. The first-order valence-electron chi connectivity index (χ1n) is 6.34. The highest BCUT2D eigenvalue weighted by molar-refractivity contribution is 5.89. The average Bonchev–Trinajstić information content (AvgIpc) is 2.57. The van der Waals surface area contributed by atoms with Gasteiger partial charge in [-0.25, -0.2) is 0 Å². The molecule has 1 amide bonds. The van der Waals surface area contributed by atoms with Gasteiger partial charge in [0.25, 0.3) is 0 Å². The van der Waals surface area contributed by atoms with Crippen molar-refractivity contribution in [3.8, 4) is 0 Å². The molecule has 4 nitrogen and oxygen atoms in total. The minimum absolute atomic E-state index is 0.0682. The summed E-state index contributed by atoms with van der Waals surface area (Å²) in [5, 5.41) is 7.33. The van der Waals surface area contributed by atoms with E-state index in [-0.39, 0.29) is 5.91 Å². The number of carbonyl (C=O) groups excluding carboxylic acids is 1. The molecule has 0 saturated heterocycles. The van der Waals surface area contributed by atoms with Crippen molar-refractivity contribution in [2.75, 3.05) is 5.32 Å². The molecule has 1 aromatic heterocycles. The third-order valence-corrected chi connectivity index (χ3v) is 3.10. The maximum absolute atomic E-state index is 11.2. The highest BCUT2D eigenvalue weighted by Gasteiger charge is 2.12.